The van der Waals surface area contributed by atoms with E-state index in [1.807, 2.05) is 24.3 Å². The van der Waals surface area contributed by atoms with Crippen LogP contribution in [0, 0.1) is 5.82 Å². The molecule has 1 aromatic heterocycles. The van der Waals surface area contributed by atoms with E-state index in [9.17, 15) is 4.39 Å². The molecule has 1 heterocycles. The van der Waals surface area contributed by atoms with Crippen LogP contribution in [0.5, 0.6) is 0 Å². The Bertz CT molecular complexity index is 715. The first kappa shape index (κ1) is 12.6. The number of imidazole rings is 1. The Morgan fingerprint density at radius 3 is 2.89 bits per heavy atom. The van der Waals surface area contributed by atoms with Crippen LogP contribution in [-0.2, 0) is 6.42 Å². The van der Waals surface area contributed by atoms with Gasteiger partial charge in [-0.25, -0.2) is 9.37 Å². The Labute approximate surface area is 122 Å². The second kappa shape index (κ2) is 4.94. The lowest BCUT2D eigenvalue weighted by Gasteiger charge is -1.98. The average molecular weight is 340 g/mol. The zero-order valence-electron chi connectivity index (χ0n) is 9.75. The van der Waals surface area contributed by atoms with Gasteiger partial charge in [0.1, 0.15) is 11.6 Å². The van der Waals surface area contributed by atoms with Crippen LogP contribution in [0.4, 0.5) is 4.39 Å². The maximum atomic E-state index is 13.4. The summed E-state index contributed by atoms with van der Waals surface area (Å²) in [6, 6.07) is 10.7. The highest BCUT2D eigenvalue weighted by atomic mass is 79.9. The van der Waals surface area contributed by atoms with Crippen molar-refractivity contribution < 1.29 is 4.39 Å². The Balaban J connectivity index is 1.97. The molecular weight excluding hydrogens is 331 g/mol. The first-order valence-electron chi connectivity index (χ1n) is 5.70. The fourth-order valence-corrected chi connectivity index (χ4v) is 2.53. The zero-order chi connectivity index (χ0) is 13.4. The lowest BCUT2D eigenvalue weighted by Crippen LogP contribution is -1.90. The summed E-state index contributed by atoms with van der Waals surface area (Å²) >= 11 is 9.10. The molecule has 19 heavy (non-hydrogen) atoms. The van der Waals surface area contributed by atoms with Gasteiger partial charge in [-0.15, -0.1) is 0 Å². The van der Waals surface area contributed by atoms with Gasteiger partial charge in [0.15, 0.2) is 0 Å². The smallest absolute Gasteiger partial charge is 0.139 e. The van der Waals surface area contributed by atoms with Gasteiger partial charge < -0.3 is 4.98 Å². The summed E-state index contributed by atoms with van der Waals surface area (Å²) in [7, 11) is 0. The summed E-state index contributed by atoms with van der Waals surface area (Å²) < 4.78 is 13.8. The van der Waals surface area contributed by atoms with Crippen LogP contribution in [0.15, 0.2) is 40.9 Å². The van der Waals surface area contributed by atoms with E-state index in [1.54, 1.807) is 6.07 Å². The monoisotopic (exact) mass is 338 g/mol. The molecule has 0 saturated carbocycles. The van der Waals surface area contributed by atoms with Crippen molar-refractivity contribution >= 4 is 38.6 Å². The minimum absolute atomic E-state index is 0.301. The number of halogens is 3. The van der Waals surface area contributed by atoms with Crippen molar-refractivity contribution in [1.29, 1.82) is 0 Å². The first-order chi connectivity index (χ1) is 9.11. The van der Waals surface area contributed by atoms with Gasteiger partial charge in [-0.1, -0.05) is 23.7 Å². The molecule has 0 fully saturated rings. The van der Waals surface area contributed by atoms with E-state index in [0.29, 0.717) is 21.4 Å². The van der Waals surface area contributed by atoms with Crippen LogP contribution in [-0.4, -0.2) is 9.97 Å². The molecule has 0 radical (unpaired) electrons. The quantitative estimate of drug-likeness (QED) is 0.720. The minimum Gasteiger partial charge on any atom is -0.342 e. The molecule has 5 heteroatoms. The van der Waals surface area contributed by atoms with Gasteiger partial charge in [-0.05, 0) is 39.7 Å². The molecule has 96 valence electrons. The topological polar surface area (TPSA) is 28.7 Å². The molecule has 2 aromatic carbocycles. The Kier molecular flexibility index (Phi) is 3.29. The number of fused-ring (bicyclic) bond motifs is 1. The SMILES string of the molecule is Fc1cc2[nH]c(Cc3cccc(Cl)c3)nc2cc1Br. The number of hydrogen-bond donors (Lipinski definition) is 1. The Morgan fingerprint density at radius 2 is 2.11 bits per heavy atom. The molecular formula is C14H9BrClFN2. The zero-order valence-corrected chi connectivity index (χ0v) is 12.1. The summed E-state index contributed by atoms with van der Waals surface area (Å²) in [5, 5.41) is 0.697. The van der Waals surface area contributed by atoms with Crippen LogP contribution in [0.2, 0.25) is 5.02 Å². The lowest BCUT2D eigenvalue weighted by atomic mass is 10.1. The van der Waals surface area contributed by atoms with E-state index in [4.69, 9.17) is 11.6 Å². The highest BCUT2D eigenvalue weighted by molar-refractivity contribution is 9.10. The summed E-state index contributed by atoms with van der Waals surface area (Å²) in [6.07, 6.45) is 0.633. The van der Waals surface area contributed by atoms with Crippen molar-refractivity contribution in [3.05, 3.63) is 63.1 Å². The van der Waals surface area contributed by atoms with Gasteiger partial charge in [0.25, 0.3) is 0 Å². The van der Waals surface area contributed by atoms with E-state index in [2.05, 4.69) is 25.9 Å². The fourth-order valence-electron chi connectivity index (χ4n) is 1.98. The molecule has 0 spiro atoms. The molecule has 2 nitrogen and oxygen atoms in total. The minimum atomic E-state index is -0.301. The third-order valence-corrected chi connectivity index (χ3v) is 3.68. The summed E-state index contributed by atoms with van der Waals surface area (Å²) in [4.78, 5) is 7.56. The summed E-state index contributed by atoms with van der Waals surface area (Å²) in [5.41, 5.74) is 2.49. The number of hydrogen-bond acceptors (Lipinski definition) is 1. The molecule has 0 atom stereocenters. The van der Waals surface area contributed by atoms with Crippen LogP contribution in [0.1, 0.15) is 11.4 Å². The highest BCUT2D eigenvalue weighted by Gasteiger charge is 2.08. The number of aromatic nitrogens is 2. The largest absolute Gasteiger partial charge is 0.342 e. The fraction of sp³-hybridized carbons (Fsp3) is 0.0714. The number of H-pyrrole nitrogens is 1. The molecule has 0 aliphatic rings. The van der Waals surface area contributed by atoms with Gasteiger partial charge in [0.05, 0.1) is 15.5 Å². The van der Waals surface area contributed by atoms with E-state index in [1.165, 1.54) is 6.07 Å². The molecule has 0 amide bonds. The van der Waals surface area contributed by atoms with E-state index in [-0.39, 0.29) is 5.82 Å². The predicted octanol–water partition coefficient (Wildman–Crippen LogP) is 4.71. The van der Waals surface area contributed by atoms with Crippen molar-refractivity contribution in [2.45, 2.75) is 6.42 Å². The molecule has 0 aliphatic heterocycles. The number of rotatable bonds is 2. The van der Waals surface area contributed by atoms with Gasteiger partial charge >= 0.3 is 0 Å². The van der Waals surface area contributed by atoms with E-state index in [0.717, 1.165) is 16.9 Å². The van der Waals surface area contributed by atoms with Gasteiger partial charge in [0.2, 0.25) is 0 Å². The summed E-state index contributed by atoms with van der Waals surface area (Å²) in [5.74, 6) is 0.486. The number of aromatic amines is 1. The molecule has 1 N–H and O–H groups in total. The Hall–Kier alpha value is -1.39. The normalized spacial score (nSPS) is 11.1. The Morgan fingerprint density at radius 1 is 1.26 bits per heavy atom. The van der Waals surface area contributed by atoms with Crippen LogP contribution in [0.25, 0.3) is 11.0 Å². The van der Waals surface area contributed by atoms with Crippen molar-refractivity contribution in [2.75, 3.05) is 0 Å². The number of benzene rings is 2. The molecule has 3 rings (SSSR count). The molecule has 0 unspecified atom stereocenters. The van der Waals surface area contributed by atoms with Crippen LogP contribution >= 0.6 is 27.5 Å². The van der Waals surface area contributed by atoms with E-state index < -0.39 is 0 Å². The van der Waals surface area contributed by atoms with Crippen molar-refractivity contribution in [3.8, 4) is 0 Å². The van der Waals surface area contributed by atoms with Crippen LogP contribution in [0.3, 0.4) is 0 Å². The van der Waals surface area contributed by atoms with Gasteiger partial charge in [-0.3, -0.25) is 0 Å². The van der Waals surface area contributed by atoms with Crippen molar-refractivity contribution in [1.82, 2.24) is 9.97 Å². The third-order valence-electron chi connectivity index (χ3n) is 2.83. The van der Waals surface area contributed by atoms with Crippen molar-refractivity contribution in [2.24, 2.45) is 0 Å². The number of nitrogens with one attached hydrogen (secondary N) is 1. The number of nitrogens with zero attached hydrogens (tertiary/aromatic N) is 1. The molecule has 0 aliphatic carbocycles. The standard InChI is InChI=1S/C14H9BrClFN2/c15-10-6-12-13(7-11(10)17)19-14(18-12)5-8-2-1-3-9(16)4-8/h1-4,6-7H,5H2,(H,18,19). The van der Waals surface area contributed by atoms with Crippen LogP contribution < -0.4 is 0 Å². The molecule has 0 bridgehead atoms. The van der Waals surface area contributed by atoms with Gasteiger partial charge in [-0.2, -0.15) is 0 Å². The molecule has 0 saturated heterocycles. The van der Waals surface area contributed by atoms with E-state index >= 15 is 0 Å². The second-order valence-electron chi connectivity index (χ2n) is 4.27. The molecule has 3 aromatic rings. The predicted molar refractivity (Wildman–Crippen MR) is 78.0 cm³/mol. The maximum Gasteiger partial charge on any atom is 0.139 e. The average Bonchev–Trinajstić information content (AvgIpc) is 2.71. The first-order valence-corrected chi connectivity index (χ1v) is 6.87. The second-order valence-corrected chi connectivity index (χ2v) is 5.56. The highest BCUT2D eigenvalue weighted by Crippen LogP contribution is 2.22. The lowest BCUT2D eigenvalue weighted by molar-refractivity contribution is 0.623. The maximum absolute atomic E-state index is 13.4. The third kappa shape index (κ3) is 2.65. The summed E-state index contributed by atoms with van der Waals surface area (Å²) in [6.45, 7) is 0. The van der Waals surface area contributed by atoms with Crippen molar-refractivity contribution in [3.63, 3.8) is 0 Å². The van der Waals surface area contributed by atoms with Gasteiger partial charge in [0, 0.05) is 17.5 Å².